The van der Waals surface area contributed by atoms with E-state index in [4.69, 9.17) is 44.6 Å². The molecule has 0 aliphatic carbocycles. The molecule has 0 fully saturated rings. The van der Waals surface area contributed by atoms with E-state index in [0.717, 1.165) is 19.2 Å². The number of aromatic nitrogens is 1. The molecule has 28 heavy (non-hydrogen) atoms. The summed E-state index contributed by atoms with van der Waals surface area (Å²) in [6, 6.07) is 1.68. The van der Waals surface area contributed by atoms with Gasteiger partial charge in [0.1, 0.15) is 18.7 Å². The number of carbonyl (C=O) groups is 1. The number of aliphatic carboxylic acids is 1. The molecule has 5 nitrogen and oxygen atoms in total. The first-order valence-corrected chi connectivity index (χ1v) is 8.67. The fourth-order valence-electron chi connectivity index (χ4n) is 2.41. The summed E-state index contributed by atoms with van der Waals surface area (Å²) in [5.74, 6) is -2.62. The van der Waals surface area contributed by atoms with Crippen LogP contribution in [0.25, 0.3) is 11.1 Å². The third-order valence-electron chi connectivity index (χ3n) is 3.67. The Labute approximate surface area is 171 Å². The van der Waals surface area contributed by atoms with Gasteiger partial charge in [0, 0.05) is 11.1 Å². The standard InChI is InChI=1S/C16H12Cl3F4NO4/c1-3-9(15(25)26)28-10-4-6(8(20)5-7(10)17)11-12(18)13(16(21,22)23)24(27-2)14(11)19/h4-5,9H,3H2,1-2H3,(H,25,26). The van der Waals surface area contributed by atoms with Crippen LogP contribution in [0.4, 0.5) is 17.6 Å². The Hall–Kier alpha value is -1.84. The van der Waals surface area contributed by atoms with Crippen LogP contribution >= 0.6 is 34.8 Å². The third-order valence-corrected chi connectivity index (χ3v) is 4.68. The van der Waals surface area contributed by atoms with Crippen molar-refractivity contribution >= 4 is 40.8 Å². The lowest BCUT2D eigenvalue weighted by Crippen LogP contribution is -2.26. The lowest BCUT2D eigenvalue weighted by atomic mass is 10.1. The lowest BCUT2D eigenvalue weighted by molar-refractivity contribution is -0.150. The highest BCUT2D eigenvalue weighted by Gasteiger charge is 2.42. The van der Waals surface area contributed by atoms with E-state index in [1.165, 1.54) is 6.92 Å². The number of alkyl halides is 3. The van der Waals surface area contributed by atoms with Crippen LogP contribution < -0.4 is 9.57 Å². The van der Waals surface area contributed by atoms with Gasteiger partial charge in [-0.05, 0) is 18.6 Å². The number of benzene rings is 1. The van der Waals surface area contributed by atoms with E-state index >= 15 is 0 Å². The van der Waals surface area contributed by atoms with Crippen molar-refractivity contribution in [3.63, 3.8) is 0 Å². The van der Waals surface area contributed by atoms with Crippen LogP contribution in [0.2, 0.25) is 15.2 Å². The van der Waals surface area contributed by atoms with Gasteiger partial charge in [-0.3, -0.25) is 0 Å². The summed E-state index contributed by atoms with van der Waals surface area (Å²) in [5.41, 5.74) is -2.43. The van der Waals surface area contributed by atoms with Crippen LogP contribution in [0.15, 0.2) is 12.1 Å². The highest BCUT2D eigenvalue weighted by molar-refractivity contribution is 6.40. The third kappa shape index (κ3) is 4.11. The van der Waals surface area contributed by atoms with Gasteiger partial charge in [0.05, 0.1) is 10.0 Å². The maximum atomic E-state index is 14.5. The average molecular weight is 465 g/mol. The zero-order valence-corrected chi connectivity index (χ0v) is 16.5. The van der Waals surface area contributed by atoms with Crippen molar-refractivity contribution in [2.75, 3.05) is 7.11 Å². The minimum absolute atomic E-state index is 0.0537. The van der Waals surface area contributed by atoms with Crippen molar-refractivity contribution < 1.29 is 37.0 Å². The molecule has 0 bridgehead atoms. The van der Waals surface area contributed by atoms with Gasteiger partial charge in [-0.1, -0.05) is 41.7 Å². The van der Waals surface area contributed by atoms with Crippen LogP contribution in [-0.2, 0) is 11.0 Å². The Balaban J connectivity index is 2.71. The molecule has 1 aromatic carbocycles. The molecule has 0 aliphatic heterocycles. The molecule has 154 valence electrons. The number of nitrogens with zero attached hydrogens (tertiary/aromatic N) is 1. The molecule has 0 aliphatic rings. The van der Waals surface area contributed by atoms with Crippen LogP contribution in [0, 0.1) is 5.82 Å². The molecule has 0 saturated carbocycles. The van der Waals surface area contributed by atoms with Crippen LogP contribution in [0.1, 0.15) is 19.0 Å². The quantitative estimate of drug-likeness (QED) is 0.568. The molecule has 0 radical (unpaired) electrons. The first-order valence-electron chi connectivity index (χ1n) is 7.54. The first kappa shape index (κ1) is 22.4. The van der Waals surface area contributed by atoms with Gasteiger partial charge >= 0.3 is 12.1 Å². The maximum absolute atomic E-state index is 14.5. The van der Waals surface area contributed by atoms with Crippen molar-refractivity contribution in [1.29, 1.82) is 0 Å². The number of hydrogen-bond donors (Lipinski definition) is 1. The predicted molar refractivity (Wildman–Crippen MR) is 94.7 cm³/mol. The molecule has 2 aromatic rings. The number of rotatable bonds is 6. The van der Waals surface area contributed by atoms with E-state index in [9.17, 15) is 22.4 Å². The van der Waals surface area contributed by atoms with Crippen LogP contribution in [0.5, 0.6) is 5.75 Å². The topological polar surface area (TPSA) is 60.7 Å². The number of halogens is 7. The van der Waals surface area contributed by atoms with Crippen molar-refractivity contribution in [3.05, 3.63) is 38.8 Å². The van der Waals surface area contributed by atoms with Gasteiger partial charge in [-0.25, -0.2) is 9.18 Å². The molecular weight excluding hydrogens is 453 g/mol. The second-order valence-electron chi connectivity index (χ2n) is 5.42. The van der Waals surface area contributed by atoms with E-state index in [1.54, 1.807) is 0 Å². The van der Waals surface area contributed by atoms with Crippen molar-refractivity contribution in [3.8, 4) is 16.9 Å². The zero-order chi connectivity index (χ0) is 21.4. The second kappa shape index (κ2) is 8.26. The fraction of sp³-hybridized carbons (Fsp3) is 0.312. The summed E-state index contributed by atoms with van der Waals surface area (Å²) in [7, 11) is 0.923. The monoisotopic (exact) mass is 463 g/mol. The molecule has 1 N–H and O–H groups in total. The van der Waals surface area contributed by atoms with Crippen molar-refractivity contribution in [2.45, 2.75) is 25.6 Å². The van der Waals surface area contributed by atoms with Crippen molar-refractivity contribution in [1.82, 2.24) is 4.73 Å². The van der Waals surface area contributed by atoms with Crippen LogP contribution in [-0.4, -0.2) is 29.0 Å². The normalized spacial score (nSPS) is 12.8. The molecule has 12 heteroatoms. The Morgan fingerprint density at radius 3 is 2.32 bits per heavy atom. The summed E-state index contributed by atoms with van der Waals surface area (Å²) in [5, 5.41) is 7.26. The zero-order valence-electron chi connectivity index (χ0n) is 14.2. The number of carboxylic acids is 1. The Bertz CT molecular complexity index is 915. The summed E-state index contributed by atoms with van der Waals surface area (Å²) in [6.45, 7) is 1.53. The number of carboxylic acid groups (broad SMARTS) is 1. The first-order chi connectivity index (χ1) is 12.9. The molecule has 1 atom stereocenters. The van der Waals surface area contributed by atoms with E-state index in [1.807, 2.05) is 0 Å². The van der Waals surface area contributed by atoms with Crippen molar-refractivity contribution in [2.24, 2.45) is 0 Å². The largest absolute Gasteiger partial charge is 0.479 e. The molecular formula is C16H12Cl3F4NO4. The van der Waals surface area contributed by atoms with Gasteiger partial charge < -0.3 is 14.7 Å². The molecule has 1 heterocycles. The van der Waals surface area contributed by atoms with Gasteiger partial charge in [0.2, 0.25) is 0 Å². The van der Waals surface area contributed by atoms with E-state index < -0.39 is 51.1 Å². The van der Waals surface area contributed by atoms with Gasteiger partial charge in [-0.15, -0.1) is 0 Å². The SMILES string of the molecule is CCC(Oc1cc(-c2c(Cl)c(C(F)(F)F)n(OC)c2Cl)c(F)cc1Cl)C(=O)O. The summed E-state index contributed by atoms with van der Waals surface area (Å²) >= 11 is 17.7. The highest BCUT2D eigenvalue weighted by Crippen LogP contribution is 2.47. The summed E-state index contributed by atoms with van der Waals surface area (Å²) in [6.07, 6.45) is -6.21. The molecule has 2 rings (SSSR count). The predicted octanol–water partition coefficient (Wildman–Crippen LogP) is 5.57. The van der Waals surface area contributed by atoms with E-state index in [-0.39, 0.29) is 21.9 Å². The number of hydrogen-bond acceptors (Lipinski definition) is 3. The van der Waals surface area contributed by atoms with Gasteiger partial charge in [0.25, 0.3) is 0 Å². The molecule has 0 saturated heterocycles. The minimum atomic E-state index is -4.95. The smallest absolute Gasteiger partial charge is 0.436 e. The van der Waals surface area contributed by atoms with Crippen LogP contribution in [0.3, 0.4) is 0 Å². The summed E-state index contributed by atoms with van der Waals surface area (Å²) in [4.78, 5) is 15.8. The average Bonchev–Trinajstić information content (AvgIpc) is 2.84. The molecule has 1 unspecified atom stereocenters. The molecule has 0 amide bonds. The second-order valence-corrected chi connectivity index (χ2v) is 6.56. The molecule has 1 aromatic heterocycles. The Morgan fingerprint density at radius 2 is 1.89 bits per heavy atom. The maximum Gasteiger partial charge on any atom is 0.436 e. The van der Waals surface area contributed by atoms with Gasteiger partial charge in [0.15, 0.2) is 17.0 Å². The number of ether oxygens (including phenoxy) is 1. The van der Waals surface area contributed by atoms with E-state index in [0.29, 0.717) is 0 Å². The van der Waals surface area contributed by atoms with Gasteiger partial charge in [-0.2, -0.15) is 17.9 Å². The Morgan fingerprint density at radius 1 is 1.29 bits per heavy atom. The Kier molecular flexibility index (Phi) is 6.62. The lowest BCUT2D eigenvalue weighted by Gasteiger charge is -2.16. The molecule has 0 spiro atoms. The minimum Gasteiger partial charge on any atom is -0.479 e. The van der Waals surface area contributed by atoms with E-state index in [2.05, 4.69) is 4.84 Å². The highest BCUT2D eigenvalue weighted by atomic mass is 35.5. The summed E-state index contributed by atoms with van der Waals surface area (Å²) < 4.78 is 59.9. The fourth-order valence-corrected chi connectivity index (χ4v) is 3.38.